The first kappa shape index (κ1) is 22.5. The minimum atomic E-state index is -4.59. The van der Waals surface area contributed by atoms with Gasteiger partial charge >= 0.3 is 6.18 Å². The van der Waals surface area contributed by atoms with Crippen LogP contribution in [-0.4, -0.2) is 23.2 Å². The van der Waals surface area contributed by atoms with Crippen LogP contribution in [0.2, 0.25) is 0 Å². The lowest BCUT2D eigenvalue weighted by molar-refractivity contribution is -0.137. The quantitative estimate of drug-likeness (QED) is 0.872. The van der Waals surface area contributed by atoms with Gasteiger partial charge in [-0.1, -0.05) is 40.5 Å². The molecule has 4 nitrogen and oxygen atoms in total. The second-order valence-corrected chi connectivity index (χ2v) is 3.88. The first-order valence-electron chi connectivity index (χ1n) is 7.22. The first-order valence-corrected chi connectivity index (χ1v) is 7.22. The molecule has 0 radical (unpaired) electrons. The molecule has 22 heavy (non-hydrogen) atoms. The fourth-order valence-electron chi connectivity index (χ4n) is 1.06. The summed E-state index contributed by atoms with van der Waals surface area (Å²) in [7, 11) is 0. The van der Waals surface area contributed by atoms with E-state index in [2.05, 4.69) is 24.1 Å². The highest BCUT2D eigenvalue weighted by molar-refractivity contribution is 5.46. The van der Waals surface area contributed by atoms with Gasteiger partial charge in [0.2, 0.25) is 0 Å². The van der Waals surface area contributed by atoms with Gasteiger partial charge in [-0.15, -0.1) is 0 Å². The molecule has 0 saturated heterocycles. The molecule has 1 rings (SSSR count). The van der Waals surface area contributed by atoms with E-state index in [0.717, 1.165) is 12.3 Å². The molecule has 0 spiro atoms. The summed E-state index contributed by atoms with van der Waals surface area (Å²) in [5, 5.41) is 19.5. The molecular weight excluding hydrogens is 295 g/mol. The molecule has 0 aliphatic carbocycles. The number of hydrogen-bond donors (Lipinski definition) is 2. The van der Waals surface area contributed by atoms with Crippen LogP contribution in [0, 0.1) is 11.3 Å². The van der Waals surface area contributed by atoms with E-state index in [-0.39, 0.29) is 19.0 Å². The highest BCUT2D eigenvalue weighted by Gasteiger charge is 2.34. The van der Waals surface area contributed by atoms with Gasteiger partial charge in [0.05, 0.1) is 17.7 Å². The number of anilines is 1. The molecule has 0 aliphatic heterocycles. The van der Waals surface area contributed by atoms with Gasteiger partial charge in [-0.05, 0) is 6.07 Å². The topological polar surface area (TPSA) is 68.9 Å². The highest BCUT2D eigenvalue weighted by atomic mass is 19.4. The molecule has 126 valence electrons. The van der Waals surface area contributed by atoms with Crippen LogP contribution in [0.3, 0.4) is 0 Å². The van der Waals surface area contributed by atoms with E-state index in [1.165, 1.54) is 18.9 Å². The summed E-state index contributed by atoms with van der Waals surface area (Å²) in [6.45, 7) is 8.24. The van der Waals surface area contributed by atoms with Crippen LogP contribution in [0.15, 0.2) is 12.3 Å². The van der Waals surface area contributed by atoms with E-state index in [0.29, 0.717) is 0 Å². The number of hydrogen-bond acceptors (Lipinski definition) is 4. The average molecular weight is 319 g/mol. The van der Waals surface area contributed by atoms with Gasteiger partial charge in [0.25, 0.3) is 0 Å². The number of halogens is 3. The Labute approximate surface area is 130 Å². The van der Waals surface area contributed by atoms with Crippen molar-refractivity contribution in [3.63, 3.8) is 0 Å². The van der Waals surface area contributed by atoms with E-state index >= 15 is 0 Å². The minimum Gasteiger partial charge on any atom is -0.395 e. The van der Waals surface area contributed by atoms with Crippen LogP contribution < -0.4 is 5.32 Å². The van der Waals surface area contributed by atoms with Crippen LogP contribution in [0.1, 0.15) is 51.7 Å². The standard InChI is InChI=1S/C9H8F3N3O.C4H10.C2H6/c10-9(11,12)7-3-8(14-1-2-16)15-5-6(7)4-13;1-3-4-2;1-2/h3,5,16H,1-2H2,(H,14,15);3-4H2,1-2H3;1-2H3. The Morgan fingerprint density at radius 1 is 1.27 bits per heavy atom. The fraction of sp³-hybridized carbons (Fsp3) is 0.600. The zero-order chi connectivity index (χ0) is 17.6. The molecule has 0 bridgehead atoms. The van der Waals surface area contributed by atoms with E-state index < -0.39 is 17.3 Å². The molecule has 1 aromatic heterocycles. The van der Waals surface area contributed by atoms with E-state index in [1.54, 1.807) is 0 Å². The Morgan fingerprint density at radius 2 is 1.82 bits per heavy atom. The van der Waals surface area contributed by atoms with E-state index in [9.17, 15) is 13.2 Å². The van der Waals surface area contributed by atoms with Gasteiger partial charge in [0, 0.05) is 12.7 Å². The third-order valence-corrected chi connectivity index (χ3v) is 2.25. The summed E-state index contributed by atoms with van der Waals surface area (Å²) >= 11 is 0. The number of aromatic nitrogens is 1. The molecule has 0 saturated carbocycles. The minimum absolute atomic E-state index is 0.0274. The third kappa shape index (κ3) is 9.19. The molecular formula is C15H24F3N3O. The third-order valence-electron chi connectivity index (χ3n) is 2.25. The Morgan fingerprint density at radius 3 is 2.18 bits per heavy atom. The molecule has 0 atom stereocenters. The van der Waals surface area contributed by atoms with Crippen LogP contribution in [0.4, 0.5) is 19.0 Å². The Bertz CT molecular complexity index is 441. The lowest BCUT2D eigenvalue weighted by Gasteiger charge is -2.10. The second-order valence-electron chi connectivity index (χ2n) is 3.88. The second kappa shape index (κ2) is 12.9. The van der Waals surface area contributed by atoms with Crippen molar-refractivity contribution in [1.82, 2.24) is 4.98 Å². The molecule has 1 heterocycles. The summed E-state index contributed by atoms with van der Waals surface area (Å²) in [5.74, 6) is -0.0274. The van der Waals surface area contributed by atoms with Crippen molar-refractivity contribution >= 4 is 5.82 Å². The summed E-state index contributed by atoms with van der Waals surface area (Å²) < 4.78 is 37.4. The molecule has 0 unspecified atom stereocenters. The molecule has 1 aromatic rings. The van der Waals surface area contributed by atoms with E-state index in [4.69, 9.17) is 10.4 Å². The van der Waals surface area contributed by atoms with Crippen molar-refractivity contribution in [2.45, 2.75) is 46.7 Å². The monoisotopic (exact) mass is 319 g/mol. The smallest absolute Gasteiger partial charge is 0.395 e. The van der Waals surface area contributed by atoms with Gasteiger partial charge in [0.1, 0.15) is 11.9 Å². The van der Waals surface area contributed by atoms with Crippen molar-refractivity contribution < 1.29 is 18.3 Å². The number of alkyl halides is 3. The molecule has 0 aromatic carbocycles. The lowest BCUT2D eigenvalue weighted by atomic mass is 10.1. The van der Waals surface area contributed by atoms with Gasteiger partial charge < -0.3 is 10.4 Å². The van der Waals surface area contributed by atoms with Crippen LogP contribution in [0.5, 0.6) is 0 Å². The van der Waals surface area contributed by atoms with Crippen molar-refractivity contribution in [1.29, 1.82) is 5.26 Å². The number of nitrogens with zero attached hydrogens (tertiary/aromatic N) is 2. The first-order chi connectivity index (χ1) is 10.4. The van der Waals surface area contributed by atoms with Crippen molar-refractivity contribution in [3.8, 4) is 6.07 Å². The Hall–Kier alpha value is -1.81. The van der Waals surface area contributed by atoms with Crippen LogP contribution >= 0.6 is 0 Å². The SMILES string of the molecule is CC.CCCC.N#Cc1cnc(NCCO)cc1C(F)(F)F. The number of aliphatic hydroxyl groups is 1. The van der Waals surface area contributed by atoms with Crippen LogP contribution in [0.25, 0.3) is 0 Å². The number of unbranched alkanes of at least 4 members (excludes halogenated alkanes) is 1. The predicted octanol–water partition coefficient (Wildman–Crippen LogP) is 4.21. The fourth-order valence-corrected chi connectivity index (χ4v) is 1.06. The zero-order valence-corrected chi connectivity index (χ0v) is 13.5. The summed E-state index contributed by atoms with van der Waals surface area (Å²) in [5.41, 5.74) is -1.56. The maximum atomic E-state index is 12.5. The van der Waals surface area contributed by atoms with Crippen molar-refractivity contribution in [2.24, 2.45) is 0 Å². The predicted molar refractivity (Wildman–Crippen MR) is 81.5 cm³/mol. The Balaban J connectivity index is 0. The number of nitriles is 1. The Kier molecular flexibility index (Phi) is 13.2. The normalized spacial score (nSPS) is 9.59. The van der Waals surface area contributed by atoms with E-state index in [1.807, 2.05) is 13.8 Å². The molecule has 2 N–H and O–H groups in total. The van der Waals surface area contributed by atoms with Gasteiger partial charge in [-0.25, -0.2) is 4.98 Å². The maximum Gasteiger partial charge on any atom is 0.417 e. The summed E-state index contributed by atoms with van der Waals surface area (Å²) in [4.78, 5) is 3.62. The van der Waals surface area contributed by atoms with Crippen molar-refractivity contribution in [3.05, 3.63) is 23.4 Å². The molecule has 0 fully saturated rings. The number of nitrogens with one attached hydrogen (secondary N) is 1. The highest BCUT2D eigenvalue weighted by Crippen LogP contribution is 2.32. The maximum absolute atomic E-state index is 12.5. The van der Waals surface area contributed by atoms with Gasteiger partial charge in [0.15, 0.2) is 0 Å². The largest absolute Gasteiger partial charge is 0.417 e. The molecule has 7 heteroatoms. The number of rotatable bonds is 4. The molecule has 0 amide bonds. The lowest BCUT2D eigenvalue weighted by Crippen LogP contribution is -2.12. The number of pyridine rings is 1. The van der Waals surface area contributed by atoms with Gasteiger partial charge in [-0.2, -0.15) is 18.4 Å². The molecule has 0 aliphatic rings. The summed E-state index contributed by atoms with van der Waals surface area (Å²) in [6.07, 6.45) is -1.10. The average Bonchev–Trinajstić information content (AvgIpc) is 2.54. The van der Waals surface area contributed by atoms with Crippen LogP contribution in [-0.2, 0) is 6.18 Å². The zero-order valence-electron chi connectivity index (χ0n) is 13.5. The van der Waals surface area contributed by atoms with Crippen molar-refractivity contribution in [2.75, 3.05) is 18.5 Å². The number of aliphatic hydroxyl groups excluding tert-OH is 1. The van der Waals surface area contributed by atoms with Gasteiger partial charge in [-0.3, -0.25) is 0 Å². The summed E-state index contributed by atoms with van der Waals surface area (Å²) in [6, 6.07) is 2.17.